The van der Waals surface area contributed by atoms with Crippen LogP contribution >= 0.6 is 0 Å². The molecule has 0 aliphatic heterocycles. The second-order valence-corrected chi connectivity index (χ2v) is 3.34. The van der Waals surface area contributed by atoms with Gasteiger partial charge >= 0.3 is 0 Å². The van der Waals surface area contributed by atoms with Crippen molar-refractivity contribution in [3.05, 3.63) is 23.3 Å². The van der Waals surface area contributed by atoms with Crippen molar-refractivity contribution in [1.29, 1.82) is 0 Å². The van der Waals surface area contributed by atoms with Crippen LogP contribution in [0, 0.1) is 17.8 Å². The Bertz CT molecular complexity index is 281. The highest BCUT2D eigenvalue weighted by Gasteiger charge is 2.18. The van der Waals surface area contributed by atoms with Crippen LogP contribution in [-0.4, -0.2) is 0 Å². The third-order valence-electron chi connectivity index (χ3n) is 2.38. The van der Waals surface area contributed by atoms with E-state index < -0.39 is 0 Å². The molecule has 0 radical (unpaired) electrons. The third kappa shape index (κ3) is 1.24. The van der Waals surface area contributed by atoms with Gasteiger partial charge in [-0.3, -0.25) is 0 Å². The molecule has 0 bridgehead atoms. The van der Waals surface area contributed by atoms with E-state index in [1.54, 1.807) is 5.57 Å². The predicted molar refractivity (Wildman–Crippen MR) is 47.0 cm³/mol. The van der Waals surface area contributed by atoms with Crippen LogP contribution < -0.4 is 0 Å². The predicted octanol–water partition coefficient (Wildman–Crippen LogP) is 2.68. The number of rotatable bonds is 0. The van der Waals surface area contributed by atoms with Crippen molar-refractivity contribution in [3.63, 3.8) is 0 Å². The molecular weight excluding hydrogens is 132 g/mol. The summed E-state index contributed by atoms with van der Waals surface area (Å²) in [5.41, 5.74) is 2.88. The van der Waals surface area contributed by atoms with Crippen LogP contribution in [0.1, 0.15) is 26.2 Å². The summed E-state index contributed by atoms with van der Waals surface area (Å²) in [7, 11) is 0. The van der Waals surface area contributed by atoms with E-state index in [9.17, 15) is 0 Å². The average molecular weight is 144 g/mol. The third-order valence-corrected chi connectivity index (χ3v) is 2.38. The molecule has 11 heavy (non-hydrogen) atoms. The average Bonchev–Trinajstić information content (AvgIpc) is 2.31. The Morgan fingerprint density at radius 2 is 2.45 bits per heavy atom. The molecule has 56 valence electrons. The number of fused-ring (bicyclic) bond motifs is 1. The molecule has 1 unspecified atom stereocenters. The topological polar surface area (TPSA) is 0 Å². The first-order valence-electron chi connectivity index (χ1n) is 4.24. The summed E-state index contributed by atoms with van der Waals surface area (Å²) < 4.78 is 0. The summed E-state index contributed by atoms with van der Waals surface area (Å²) in [6.45, 7) is 2.13. The van der Waals surface area contributed by atoms with E-state index in [2.05, 4.69) is 24.8 Å². The van der Waals surface area contributed by atoms with Crippen LogP contribution in [-0.2, 0) is 0 Å². The summed E-state index contributed by atoms with van der Waals surface area (Å²) in [6.07, 6.45) is 8.19. The van der Waals surface area contributed by atoms with Gasteiger partial charge in [0, 0.05) is 5.92 Å². The molecule has 1 atom stereocenters. The van der Waals surface area contributed by atoms with Crippen LogP contribution in [0.3, 0.4) is 0 Å². The minimum absolute atomic E-state index is 0.587. The lowest BCUT2D eigenvalue weighted by Crippen LogP contribution is -1.90. The smallest absolute Gasteiger partial charge is 0.0418 e. The van der Waals surface area contributed by atoms with Gasteiger partial charge in [-0.05, 0) is 37.8 Å². The van der Waals surface area contributed by atoms with Crippen molar-refractivity contribution in [1.82, 2.24) is 0 Å². The van der Waals surface area contributed by atoms with E-state index in [4.69, 9.17) is 0 Å². The fourth-order valence-corrected chi connectivity index (χ4v) is 1.80. The summed E-state index contributed by atoms with van der Waals surface area (Å²) in [4.78, 5) is 0. The number of hydrogen-bond donors (Lipinski definition) is 0. The number of allylic oxidation sites excluding steroid dienone is 4. The molecule has 0 heterocycles. The van der Waals surface area contributed by atoms with Crippen molar-refractivity contribution < 1.29 is 0 Å². The van der Waals surface area contributed by atoms with E-state index in [0.29, 0.717) is 5.92 Å². The minimum atomic E-state index is 0.587. The Morgan fingerprint density at radius 3 is 3.36 bits per heavy atom. The fourth-order valence-electron chi connectivity index (χ4n) is 1.80. The molecular formula is C11H12. The van der Waals surface area contributed by atoms with E-state index in [-0.39, 0.29) is 0 Å². The Balaban J connectivity index is 2.36. The van der Waals surface area contributed by atoms with E-state index in [1.807, 2.05) is 6.08 Å². The second kappa shape index (κ2) is 2.58. The quantitative estimate of drug-likeness (QED) is 0.458. The second-order valence-electron chi connectivity index (χ2n) is 3.34. The lowest BCUT2D eigenvalue weighted by Gasteiger charge is -2.00. The van der Waals surface area contributed by atoms with Gasteiger partial charge < -0.3 is 0 Å². The standard InChI is InChI=1S/C11H12/c1-9-4-2-5-10-6-3-7-11(10)8-9/h4,8,10H,3,6-7H2,1H3. The van der Waals surface area contributed by atoms with Crippen molar-refractivity contribution in [2.45, 2.75) is 26.2 Å². The van der Waals surface area contributed by atoms with Crippen LogP contribution in [0.5, 0.6) is 0 Å². The van der Waals surface area contributed by atoms with Gasteiger partial charge in [0.2, 0.25) is 0 Å². The van der Waals surface area contributed by atoms with Crippen LogP contribution in [0.4, 0.5) is 0 Å². The largest absolute Gasteiger partial charge is 0.0906 e. The Kier molecular flexibility index (Phi) is 1.58. The van der Waals surface area contributed by atoms with Crippen LogP contribution in [0.15, 0.2) is 23.3 Å². The zero-order valence-corrected chi connectivity index (χ0v) is 6.85. The van der Waals surface area contributed by atoms with Crippen molar-refractivity contribution >= 4 is 0 Å². The molecule has 2 rings (SSSR count). The highest BCUT2D eigenvalue weighted by atomic mass is 14.2. The Hall–Kier alpha value is -0.960. The Morgan fingerprint density at radius 1 is 1.55 bits per heavy atom. The SMILES string of the molecule is CC1=CC#CC2CCCC2=C1. The molecule has 1 fully saturated rings. The van der Waals surface area contributed by atoms with E-state index in [0.717, 1.165) is 0 Å². The molecule has 0 spiro atoms. The van der Waals surface area contributed by atoms with Gasteiger partial charge in [-0.25, -0.2) is 0 Å². The van der Waals surface area contributed by atoms with Gasteiger partial charge in [0.1, 0.15) is 0 Å². The van der Waals surface area contributed by atoms with Gasteiger partial charge in [0.05, 0.1) is 0 Å². The monoisotopic (exact) mass is 144 g/mol. The molecule has 0 aromatic rings. The summed E-state index contributed by atoms with van der Waals surface area (Å²) >= 11 is 0. The maximum atomic E-state index is 3.28. The molecule has 0 amide bonds. The van der Waals surface area contributed by atoms with Crippen molar-refractivity contribution in [2.24, 2.45) is 5.92 Å². The van der Waals surface area contributed by atoms with Crippen molar-refractivity contribution in [2.75, 3.05) is 0 Å². The summed E-state index contributed by atoms with van der Waals surface area (Å²) in [5.74, 6) is 6.97. The van der Waals surface area contributed by atoms with Gasteiger partial charge in [-0.1, -0.05) is 23.5 Å². The first kappa shape index (κ1) is 6.73. The van der Waals surface area contributed by atoms with Gasteiger partial charge in [-0.15, -0.1) is 0 Å². The lowest BCUT2D eigenvalue weighted by atomic mass is 10.0. The molecule has 0 nitrogen and oxygen atoms in total. The molecule has 0 N–H and O–H groups in total. The molecule has 1 saturated carbocycles. The molecule has 0 heteroatoms. The summed E-state index contributed by atoms with van der Waals surface area (Å²) in [6, 6.07) is 0. The Labute approximate surface area is 68.0 Å². The summed E-state index contributed by atoms with van der Waals surface area (Å²) in [5, 5.41) is 0. The number of hydrogen-bond acceptors (Lipinski definition) is 0. The zero-order valence-electron chi connectivity index (χ0n) is 6.85. The minimum Gasteiger partial charge on any atom is -0.0906 e. The molecule has 2 aliphatic rings. The van der Waals surface area contributed by atoms with Crippen molar-refractivity contribution in [3.8, 4) is 11.8 Å². The lowest BCUT2D eigenvalue weighted by molar-refractivity contribution is 0.788. The maximum Gasteiger partial charge on any atom is 0.0418 e. The molecule has 0 aromatic carbocycles. The fraction of sp³-hybridized carbons (Fsp3) is 0.455. The first-order chi connectivity index (χ1) is 5.36. The van der Waals surface area contributed by atoms with Crippen LogP contribution in [0.2, 0.25) is 0 Å². The van der Waals surface area contributed by atoms with Gasteiger partial charge in [0.25, 0.3) is 0 Å². The highest BCUT2D eigenvalue weighted by molar-refractivity contribution is 5.38. The highest BCUT2D eigenvalue weighted by Crippen LogP contribution is 2.32. The van der Waals surface area contributed by atoms with E-state index in [1.165, 1.54) is 24.8 Å². The van der Waals surface area contributed by atoms with Gasteiger partial charge in [-0.2, -0.15) is 0 Å². The first-order valence-corrected chi connectivity index (χ1v) is 4.24. The molecule has 2 aliphatic carbocycles. The zero-order chi connectivity index (χ0) is 7.68. The molecule has 0 aromatic heterocycles. The maximum absolute atomic E-state index is 3.28. The molecule has 0 saturated heterocycles. The van der Waals surface area contributed by atoms with Gasteiger partial charge in [0.15, 0.2) is 0 Å². The normalized spacial score (nSPS) is 27.5. The van der Waals surface area contributed by atoms with Crippen LogP contribution in [0.25, 0.3) is 0 Å². The van der Waals surface area contributed by atoms with E-state index >= 15 is 0 Å².